The second-order valence-corrected chi connectivity index (χ2v) is 5.02. The first kappa shape index (κ1) is 9.97. The highest BCUT2D eigenvalue weighted by atomic mass is 16.5. The van der Waals surface area contributed by atoms with Gasteiger partial charge in [0.25, 0.3) is 0 Å². The number of phenols is 1. The van der Waals surface area contributed by atoms with Gasteiger partial charge in [-0.1, -0.05) is 6.07 Å². The predicted molar refractivity (Wildman–Crippen MR) is 61.9 cm³/mol. The Morgan fingerprint density at radius 2 is 2.06 bits per heavy atom. The van der Waals surface area contributed by atoms with Crippen molar-refractivity contribution < 1.29 is 9.84 Å². The highest BCUT2D eigenvalue weighted by Crippen LogP contribution is 2.44. The van der Waals surface area contributed by atoms with Crippen LogP contribution < -0.4 is 4.74 Å². The molecule has 3 heteroatoms. The molecule has 3 rings (SSSR count). The molecule has 1 fully saturated rings. The van der Waals surface area contributed by atoms with Crippen molar-refractivity contribution in [1.82, 2.24) is 4.90 Å². The van der Waals surface area contributed by atoms with Crippen molar-refractivity contribution in [3.63, 3.8) is 0 Å². The first-order chi connectivity index (χ1) is 7.69. The Hall–Kier alpha value is -1.22. The van der Waals surface area contributed by atoms with E-state index < -0.39 is 0 Å². The lowest BCUT2D eigenvalue weighted by Gasteiger charge is -2.37. The van der Waals surface area contributed by atoms with Crippen molar-refractivity contribution in [3.8, 4) is 11.5 Å². The molecule has 0 bridgehead atoms. The molecule has 2 aliphatic rings. The standard InChI is InChI=1S/C13H17NO2/c1-14-7-5-13(6-8-14)9-10-11(15)3-2-4-12(10)16-13/h2-4,15H,5-9H2,1H3. The lowest BCUT2D eigenvalue weighted by molar-refractivity contribution is 0.0270. The molecule has 2 aliphatic heterocycles. The molecule has 0 unspecified atom stereocenters. The molecule has 1 saturated heterocycles. The van der Waals surface area contributed by atoms with Crippen molar-refractivity contribution in [2.24, 2.45) is 0 Å². The number of benzene rings is 1. The third-order valence-corrected chi connectivity index (χ3v) is 3.83. The largest absolute Gasteiger partial charge is 0.508 e. The topological polar surface area (TPSA) is 32.7 Å². The molecule has 1 aromatic rings. The maximum atomic E-state index is 9.81. The van der Waals surface area contributed by atoms with Crippen LogP contribution in [0.25, 0.3) is 0 Å². The van der Waals surface area contributed by atoms with Gasteiger partial charge in [0.05, 0.1) is 0 Å². The predicted octanol–water partition coefficient (Wildman–Crippen LogP) is 1.79. The van der Waals surface area contributed by atoms with E-state index in [-0.39, 0.29) is 5.60 Å². The summed E-state index contributed by atoms with van der Waals surface area (Å²) in [5.74, 6) is 1.26. The van der Waals surface area contributed by atoms with Gasteiger partial charge in [-0.05, 0) is 19.2 Å². The SMILES string of the molecule is CN1CCC2(CC1)Cc1c(O)cccc1O2. The third kappa shape index (κ3) is 1.47. The first-order valence-corrected chi connectivity index (χ1v) is 5.87. The van der Waals surface area contributed by atoms with Crippen LogP contribution in [0.15, 0.2) is 18.2 Å². The van der Waals surface area contributed by atoms with E-state index in [9.17, 15) is 5.11 Å². The van der Waals surface area contributed by atoms with E-state index >= 15 is 0 Å². The highest BCUT2D eigenvalue weighted by molar-refractivity contribution is 5.48. The van der Waals surface area contributed by atoms with Gasteiger partial charge in [0.1, 0.15) is 17.1 Å². The quantitative estimate of drug-likeness (QED) is 0.722. The Morgan fingerprint density at radius 3 is 2.75 bits per heavy atom. The number of hydrogen-bond donors (Lipinski definition) is 1. The summed E-state index contributed by atoms with van der Waals surface area (Å²) < 4.78 is 6.08. The number of aromatic hydroxyl groups is 1. The lowest BCUT2D eigenvalue weighted by Crippen LogP contribution is -2.45. The van der Waals surface area contributed by atoms with Crippen LogP contribution >= 0.6 is 0 Å². The fraction of sp³-hybridized carbons (Fsp3) is 0.538. The smallest absolute Gasteiger partial charge is 0.127 e. The van der Waals surface area contributed by atoms with E-state index in [1.54, 1.807) is 6.07 Å². The Kier molecular flexibility index (Phi) is 2.11. The molecule has 86 valence electrons. The Morgan fingerprint density at radius 1 is 1.31 bits per heavy atom. The van der Waals surface area contributed by atoms with Gasteiger partial charge in [-0.25, -0.2) is 0 Å². The number of nitrogens with zero attached hydrogens (tertiary/aromatic N) is 1. The zero-order valence-corrected chi connectivity index (χ0v) is 9.57. The number of fused-ring (bicyclic) bond motifs is 1. The first-order valence-electron chi connectivity index (χ1n) is 5.87. The summed E-state index contributed by atoms with van der Waals surface area (Å²) >= 11 is 0. The Labute approximate surface area is 95.6 Å². The van der Waals surface area contributed by atoms with E-state index in [0.717, 1.165) is 43.7 Å². The van der Waals surface area contributed by atoms with Crippen molar-refractivity contribution in [2.75, 3.05) is 20.1 Å². The molecule has 1 aromatic carbocycles. The van der Waals surface area contributed by atoms with Crippen molar-refractivity contribution in [1.29, 1.82) is 0 Å². The van der Waals surface area contributed by atoms with Crippen LogP contribution in [0.1, 0.15) is 18.4 Å². The maximum absolute atomic E-state index is 9.81. The third-order valence-electron chi connectivity index (χ3n) is 3.83. The van der Waals surface area contributed by atoms with E-state index in [4.69, 9.17) is 4.74 Å². The summed E-state index contributed by atoms with van der Waals surface area (Å²) in [6.45, 7) is 2.16. The van der Waals surface area contributed by atoms with Crippen LogP contribution in [0.5, 0.6) is 11.5 Å². The van der Waals surface area contributed by atoms with Gasteiger partial charge in [-0.3, -0.25) is 0 Å². The number of phenolic OH excluding ortho intramolecular Hbond substituents is 1. The van der Waals surface area contributed by atoms with Crippen LogP contribution in [-0.4, -0.2) is 35.7 Å². The van der Waals surface area contributed by atoms with Crippen molar-refractivity contribution in [3.05, 3.63) is 23.8 Å². The van der Waals surface area contributed by atoms with Crippen LogP contribution in [0.4, 0.5) is 0 Å². The van der Waals surface area contributed by atoms with Crippen molar-refractivity contribution >= 4 is 0 Å². The minimum absolute atomic E-state index is 0.0479. The van der Waals surface area contributed by atoms with E-state index in [2.05, 4.69) is 11.9 Å². The molecule has 3 nitrogen and oxygen atoms in total. The maximum Gasteiger partial charge on any atom is 0.127 e. The molecule has 0 radical (unpaired) electrons. The number of likely N-dealkylation sites (tertiary alicyclic amines) is 1. The highest BCUT2D eigenvalue weighted by Gasteiger charge is 2.42. The molecule has 0 amide bonds. The molecule has 0 atom stereocenters. The van der Waals surface area contributed by atoms with Gasteiger partial charge in [0.2, 0.25) is 0 Å². The number of piperidine rings is 1. The summed E-state index contributed by atoms with van der Waals surface area (Å²) in [6.07, 6.45) is 2.97. The average Bonchev–Trinajstić information content (AvgIpc) is 2.63. The van der Waals surface area contributed by atoms with E-state index in [1.165, 1.54) is 0 Å². The van der Waals surface area contributed by atoms with Crippen LogP contribution in [0.2, 0.25) is 0 Å². The molecular weight excluding hydrogens is 202 g/mol. The zero-order chi connectivity index (χ0) is 11.2. The van der Waals surface area contributed by atoms with Gasteiger partial charge in [0, 0.05) is 37.9 Å². The summed E-state index contributed by atoms with van der Waals surface area (Å²) in [4.78, 5) is 2.33. The second kappa shape index (κ2) is 3.39. The van der Waals surface area contributed by atoms with Crippen LogP contribution in [0.3, 0.4) is 0 Å². The monoisotopic (exact) mass is 219 g/mol. The van der Waals surface area contributed by atoms with E-state index in [0.29, 0.717) is 5.75 Å². The second-order valence-electron chi connectivity index (χ2n) is 5.02. The fourth-order valence-electron chi connectivity index (χ4n) is 2.72. The number of rotatable bonds is 0. The molecule has 16 heavy (non-hydrogen) atoms. The molecule has 0 aliphatic carbocycles. The Bertz CT molecular complexity index is 408. The van der Waals surface area contributed by atoms with Gasteiger partial charge in [-0.2, -0.15) is 0 Å². The fourth-order valence-corrected chi connectivity index (χ4v) is 2.72. The summed E-state index contributed by atoms with van der Waals surface area (Å²) in [6, 6.07) is 5.56. The van der Waals surface area contributed by atoms with Gasteiger partial charge in [0.15, 0.2) is 0 Å². The van der Waals surface area contributed by atoms with Crippen LogP contribution in [0, 0.1) is 0 Å². The van der Waals surface area contributed by atoms with Gasteiger partial charge < -0.3 is 14.7 Å². The normalized spacial score (nSPS) is 23.1. The average molecular weight is 219 g/mol. The zero-order valence-electron chi connectivity index (χ0n) is 9.57. The van der Waals surface area contributed by atoms with Gasteiger partial charge in [-0.15, -0.1) is 0 Å². The lowest BCUT2D eigenvalue weighted by atomic mass is 9.87. The molecule has 1 spiro atoms. The van der Waals surface area contributed by atoms with Gasteiger partial charge >= 0.3 is 0 Å². The summed E-state index contributed by atoms with van der Waals surface area (Å²) in [7, 11) is 2.15. The molecule has 0 aromatic heterocycles. The summed E-state index contributed by atoms with van der Waals surface area (Å²) in [5, 5.41) is 9.81. The molecular formula is C13H17NO2. The minimum Gasteiger partial charge on any atom is -0.508 e. The van der Waals surface area contributed by atoms with E-state index in [1.807, 2.05) is 12.1 Å². The van der Waals surface area contributed by atoms with Crippen molar-refractivity contribution in [2.45, 2.75) is 24.9 Å². The molecule has 1 N–H and O–H groups in total. The number of ether oxygens (including phenoxy) is 1. The summed E-state index contributed by atoms with van der Waals surface area (Å²) in [5.41, 5.74) is 0.945. The van der Waals surface area contributed by atoms with Crippen LogP contribution in [-0.2, 0) is 6.42 Å². The molecule has 0 saturated carbocycles. The molecule has 2 heterocycles. The Balaban J connectivity index is 1.87. The minimum atomic E-state index is -0.0479. The number of hydrogen-bond acceptors (Lipinski definition) is 3.